The minimum absolute atomic E-state index is 0.0617. The van der Waals surface area contributed by atoms with E-state index in [-0.39, 0.29) is 12.0 Å². The van der Waals surface area contributed by atoms with Crippen molar-refractivity contribution in [1.29, 1.82) is 0 Å². The zero-order valence-electron chi connectivity index (χ0n) is 11.4. The average molecular weight is 264 g/mol. The van der Waals surface area contributed by atoms with Crippen molar-refractivity contribution in [3.63, 3.8) is 0 Å². The van der Waals surface area contributed by atoms with Crippen molar-refractivity contribution in [3.8, 4) is 0 Å². The molecule has 1 fully saturated rings. The van der Waals surface area contributed by atoms with Crippen LogP contribution in [-0.4, -0.2) is 28.6 Å². The fourth-order valence-corrected chi connectivity index (χ4v) is 2.83. The Morgan fingerprint density at radius 1 is 1.42 bits per heavy atom. The van der Waals surface area contributed by atoms with Crippen LogP contribution in [0.3, 0.4) is 0 Å². The number of nitrogens with one attached hydrogen (secondary N) is 2. The summed E-state index contributed by atoms with van der Waals surface area (Å²) in [5.41, 5.74) is 0.945. The first-order valence-corrected chi connectivity index (χ1v) is 7.33. The van der Waals surface area contributed by atoms with Gasteiger partial charge in [0.25, 0.3) is 0 Å². The van der Waals surface area contributed by atoms with Gasteiger partial charge in [0.2, 0.25) is 5.91 Å². The molecule has 19 heavy (non-hydrogen) atoms. The minimum Gasteiger partial charge on any atom is -0.393 e. The average Bonchev–Trinajstić information content (AvgIpc) is 2.89. The summed E-state index contributed by atoms with van der Waals surface area (Å²) < 4.78 is 0. The standard InChI is InChI=1S/C15H24N2O2/c18-14-8-2-1-5-12(14)6-3-10-17-15(19)11-13-7-4-9-16-13/h4,7,9,12,14,16,18H,1-3,5-6,8,10-11H2,(H,17,19). The van der Waals surface area contributed by atoms with Crippen molar-refractivity contribution in [2.24, 2.45) is 5.92 Å². The molecule has 2 unspecified atom stereocenters. The molecular formula is C15H24N2O2. The van der Waals surface area contributed by atoms with E-state index >= 15 is 0 Å². The van der Waals surface area contributed by atoms with E-state index in [1.807, 2.05) is 18.3 Å². The highest BCUT2D eigenvalue weighted by molar-refractivity contribution is 5.78. The summed E-state index contributed by atoms with van der Waals surface area (Å²) in [6.45, 7) is 0.711. The van der Waals surface area contributed by atoms with Gasteiger partial charge in [-0.3, -0.25) is 4.79 Å². The third kappa shape index (κ3) is 4.71. The molecule has 1 amide bonds. The maximum atomic E-state index is 11.6. The molecule has 0 saturated heterocycles. The number of aliphatic hydroxyl groups is 1. The van der Waals surface area contributed by atoms with Crippen molar-refractivity contribution in [1.82, 2.24) is 10.3 Å². The number of hydrogen-bond acceptors (Lipinski definition) is 2. The maximum absolute atomic E-state index is 11.6. The van der Waals surface area contributed by atoms with Crippen LogP contribution < -0.4 is 5.32 Å². The van der Waals surface area contributed by atoms with Gasteiger partial charge in [0.05, 0.1) is 12.5 Å². The minimum atomic E-state index is -0.122. The SMILES string of the molecule is O=C(Cc1ccc[nH]1)NCCCC1CCCCC1O. The Hall–Kier alpha value is -1.29. The van der Waals surface area contributed by atoms with Crippen molar-refractivity contribution in [2.75, 3.05) is 6.54 Å². The smallest absolute Gasteiger partial charge is 0.225 e. The molecular weight excluding hydrogens is 240 g/mol. The molecule has 0 aromatic carbocycles. The fourth-order valence-electron chi connectivity index (χ4n) is 2.83. The van der Waals surface area contributed by atoms with E-state index in [0.29, 0.717) is 18.9 Å². The summed E-state index contributed by atoms with van der Waals surface area (Å²) in [5.74, 6) is 0.501. The molecule has 1 aromatic heterocycles. The third-order valence-electron chi connectivity index (χ3n) is 3.96. The molecule has 0 bridgehead atoms. The van der Waals surface area contributed by atoms with Crippen molar-refractivity contribution in [3.05, 3.63) is 24.0 Å². The van der Waals surface area contributed by atoms with Gasteiger partial charge >= 0.3 is 0 Å². The maximum Gasteiger partial charge on any atom is 0.225 e. The largest absolute Gasteiger partial charge is 0.393 e. The predicted molar refractivity (Wildman–Crippen MR) is 74.7 cm³/mol. The van der Waals surface area contributed by atoms with Gasteiger partial charge in [0.15, 0.2) is 0 Å². The lowest BCUT2D eigenvalue weighted by Crippen LogP contribution is -2.28. The molecule has 4 nitrogen and oxygen atoms in total. The topological polar surface area (TPSA) is 65.1 Å². The third-order valence-corrected chi connectivity index (χ3v) is 3.96. The molecule has 0 aliphatic heterocycles. The van der Waals surface area contributed by atoms with Gasteiger partial charge in [0.1, 0.15) is 0 Å². The Morgan fingerprint density at radius 3 is 3.00 bits per heavy atom. The number of carbonyl (C=O) groups excluding carboxylic acids is 1. The molecule has 1 saturated carbocycles. The first kappa shape index (κ1) is 14.1. The van der Waals surface area contributed by atoms with Crippen molar-refractivity contribution >= 4 is 5.91 Å². The van der Waals surface area contributed by atoms with Gasteiger partial charge in [-0.1, -0.05) is 12.8 Å². The molecule has 0 spiro atoms. The van der Waals surface area contributed by atoms with E-state index in [1.54, 1.807) is 0 Å². The highest BCUT2D eigenvalue weighted by atomic mass is 16.3. The van der Waals surface area contributed by atoms with E-state index in [4.69, 9.17) is 0 Å². The molecule has 1 aliphatic carbocycles. The zero-order valence-corrected chi connectivity index (χ0v) is 11.4. The lowest BCUT2D eigenvalue weighted by molar-refractivity contribution is -0.120. The highest BCUT2D eigenvalue weighted by Gasteiger charge is 2.22. The van der Waals surface area contributed by atoms with Crippen LogP contribution in [-0.2, 0) is 11.2 Å². The number of H-pyrrole nitrogens is 1. The quantitative estimate of drug-likeness (QED) is 0.688. The van der Waals surface area contributed by atoms with Crippen LogP contribution in [0.15, 0.2) is 18.3 Å². The summed E-state index contributed by atoms with van der Waals surface area (Å²) in [5, 5.41) is 12.8. The van der Waals surface area contributed by atoms with Gasteiger partial charge in [-0.25, -0.2) is 0 Å². The van der Waals surface area contributed by atoms with Crippen LogP contribution in [0.5, 0.6) is 0 Å². The first-order valence-electron chi connectivity index (χ1n) is 7.33. The molecule has 2 rings (SSSR count). The monoisotopic (exact) mass is 264 g/mol. The Bertz CT molecular complexity index is 376. The highest BCUT2D eigenvalue weighted by Crippen LogP contribution is 2.27. The Labute approximate surface area is 114 Å². The lowest BCUT2D eigenvalue weighted by Gasteiger charge is -2.27. The summed E-state index contributed by atoms with van der Waals surface area (Å²) in [6.07, 6.45) is 8.57. The first-order chi connectivity index (χ1) is 9.25. The normalized spacial score (nSPS) is 23.2. The number of aliphatic hydroxyl groups excluding tert-OH is 1. The summed E-state index contributed by atoms with van der Waals surface area (Å²) >= 11 is 0. The van der Waals surface area contributed by atoms with Gasteiger partial charge in [-0.05, 0) is 43.7 Å². The zero-order chi connectivity index (χ0) is 13.5. The van der Waals surface area contributed by atoms with E-state index < -0.39 is 0 Å². The molecule has 106 valence electrons. The summed E-state index contributed by atoms with van der Waals surface area (Å²) in [4.78, 5) is 14.7. The van der Waals surface area contributed by atoms with E-state index in [9.17, 15) is 9.90 Å². The van der Waals surface area contributed by atoms with Crippen LogP contribution >= 0.6 is 0 Å². The molecule has 4 heteroatoms. The van der Waals surface area contributed by atoms with Crippen LogP contribution in [0.25, 0.3) is 0 Å². The Morgan fingerprint density at radius 2 is 2.26 bits per heavy atom. The fraction of sp³-hybridized carbons (Fsp3) is 0.667. The van der Waals surface area contributed by atoms with Gasteiger partial charge in [-0.2, -0.15) is 0 Å². The second-order valence-corrected chi connectivity index (χ2v) is 5.48. The van der Waals surface area contributed by atoms with Crippen LogP contribution in [0.1, 0.15) is 44.2 Å². The Balaban J connectivity index is 1.57. The van der Waals surface area contributed by atoms with Crippen LogP contribution in [0.2, 0.25) is 0 Å². The van der Waals surface area contributed by atoms with Crippen LogP contribution in [0.4, 0.5) is 0 Å². The molecule has 2 atom stereocenters. The van der Waals surface area contributed by atoms with Gasteiger partial charge in [0, 0.05) is 18.4 Å². The van der Waals surface area contributed by atoms with Gasteiger partial charge in [-0.15, -0.1) is 0 Å². The second kappa shape index (κ2) is 7.34. The van der Waals surface area contributed by atoms with Gasteiger partial charge < -0.3 is 15.4 Å². The molecule has 1 aliphatic rings. The number of rotatable bonds is 6. The summed E-state index contributed by atoms with van der Waals surface area (Å²) in [6, 6.07) is 3.81. The Kier molecular flexibility index (Phi) is 5.45. The lowest BCUT2D eigenvalue weighted by atomic mass is 9.83. The van der Waals surface area contributed by atoms with E-state index in [2.05, 4.69) is 10.3 Å². The molecule has 1 aromatic rings. The number of hydrogen-bond donors (Lipinski definition) is 3. The van der Waals surface area contributed by atoms with Crippen molar-refractivity contribution < 1.29 is 9.90 Å². The summed E-state index contributed by atoms with van der Waals surface area (Å²) in [7, 11) is 0. The number of aromatic nitrogens is 1. The van der Waals surface area contributed by atoms with Crippen molar-refractivity contribution in [2.45, 2.75) is 51.0 Å². The number of carbonyl (C=O) groups is 1. The predicted octanol–water partition coefficient (Wildman–Crippen LogP) is 2.00. The molecule has 1 heterocycles. The van der Waals surface area contributed by atoms with E-state index in [1.165, 1.54) is 6.42 Å². The molecule has 3 N–H and O–H groups in total. The van der Waals surface area contributed by atoms with E-state index in [0.717, 1.165) is 37.8 Å². The number of amides is 1. The van der Waals surface area contributed by atoms with Crippen LogP contribution in [0, 0.1) is 5.92 Å². The molecule has 0 radical (unpaired) electrons. The number of aromatic amines is 1. The second-order valence-electron chi connectivity index (χ2n) is 5.48.